The van der Waals surface area contributed by atoms with E-state index >= 15 is 0 Å². The van der Waals surface area contributed by atoms with Crippen LogP contribution in [-0.4, -0.2) is 129 Å². The molecule has 6 unspecified atom stereocenters. The number of ketones is 3. The number of hydrogen-bond donors (Lipinski definition) is 0. The maximum atomic E-state index is 11.9. The maximum absolute atomic E-state index is 11.9. The van der Waals surface area contributed by atoms with E-state index in [1.165, 1.54) is 20.8 Å². The first-order chi connectivity index (χ1) is 26.5. The molecule has 0 aromatic rings. The molecule has 58 heavy (non-hydrogen) atoms. The number of rotatable bonds is 30. The molecule has 0 radical (unpaired) electrons. The van der Waals surface area contributed by atoms with Gasteiger partial charge in [-0.2, -0.15) is 0 Å². The molecule has 0 aliphatic carbocycles. The summed E-state index contributed by atoms with van der Waals surface area (Å²) >= 11 is 0. The zero-order chi connectivity index (χ0) is 45.2. The van der Waals surface area contributed by atoms with Gasteiger partial charge in [0, 0.05) is 39.6 Å². The van der Waals surface area contributed by atoms with Crippen LogP contribution in [0.5, 0.6) is 0 Å². The van der Waals surface area contributed by atoms with Crippen molar-refractivity contribution in [3.63, 3.8) is 0 Å². The second-order valence-corrected chi connectivity index (χ2v) is 14.2. The number of hydrogen-bond acceptors (Lipinski definition) is 15. The molecule has 0 aromatic carbocycles. The second-order valence-electron chi connectivity index (χ2n) is 14.2. The minimum Gasteiger partial charge on any atom is -0.549 e. The summed E-state index contributed by atoms with van der Waals surface area (Å²) in [4.78, 5) is 70.5. The topological polar surface area (TPSA) is 227 Å². The predicted octanol–water partition coefficient (Wildman–Crippen LogP) is 2.44. The number of carboxylic acid groups (broad SMARTS) is 3. The number of carbonyl (C=O) groups excluding carboxylic acids is 6. The smallest absolute Gasteiger partial charge is 0.549 e. The van der Waals surface area contributed by atoms with Crippen molar-refractivity contribution in [3.8, 4) is 0 Å². The molecule has 0 heterocycles. The van der Waals surface area contributed by atoms with Gasteiger partial charge in [0.25, 0.3) is 0 Å². The number of Topliss-reactive ketones (excluding diaryl/α,β-unsaturated/α-hetero) is 3. The van der Waals surface area contributed by atoms with Gasteiger partial charge in [-0.1, -0.05) is 41.5 Å². The zero-order valence-electron chi connectivity index (χ0n) is 38.2. The molecule has 0 saturated heterocycles. The molecule has 16 heteroatoms. The quantitative estimate of drug-likeness (QED) is 0.0747. The SMILES string of the molecule is CCCOC(C)C(C(C)=O)(C(=O)[O-])C(C)OCCC.CCCOC(C)C(C(C)=O)(C(=O)[O-])C(C)OCCC.CCCOC(C)C(C(C)=O)(C(=O)[O-])C(C)OCCC.[Al+3]. The first kappa shape index (κ1) is 62.4. The molecule has 6 atom stereocenters. The zero-order valence-corrected chi connectivity index (χ0v) is 39.3. The Kier molecular flexibility index (Phi) is 34.9. The van der Waals surface area contributed by atoms with Gasteiger partial charge in [0.05, 0.1) is 54.5 Å². The molecule has 0 aromatic heterocycles. The van der Waals surface area contributed by atoms with Crippen molar-refractivity contribution in [3.05, 3.63) is 0 Å². The standard InChI is InChI=1S/3C14H26O5.Al/c3*1-6-8-18-11(4)14(10(3)15,13(16)17)12(5)19-9-7-2;/h3*11-12H,6-9H2,1-5H3,(H,16,17);/q;;;+3/p-3. The normalized spacial score (nSPS) is 17.2. The van der Waals surface area contributed by atoms with Gasteiger partial charge in [-0.05, 0) is 101 Å². The van der Waals surface area contributed by atoms with Gasteiger partial charge in [-0.3, -0.25) is 14.4 Å². The van der Waals surface area contributed by atoms with Gasteiger partial charge in [0.15, 0.2) is 0 Å². The molecule has 0 N–H and O–H groups in total. The van der Waals surface area contributed by atoms with Gasteiger partial charge in [-0.25, -0.2) is 0 Å². The van der Waals surface area contributed by atoms with Crippen LogP contribution in [0.1, 0.15) is 142 Å². The molecule has 15 nitrogen and oxygen atoms in total. The fourth-order valence-electron chi connectivity index (χ4n) is 6.69. The Morgan fingerprint density at radius 1 is 0.362 bits per heavy atom. The van der Waals surface area contributed by atoms with Crippen LogP contribution in [0.15, 0.2) is 0 Å². The van der Waals surface area contributed by atoms with E-state index in [4.69, 9.17) is 28.4 Å². The van der Waals surface area contributed by atoms with E-state index in [1.54, 1.807) is 41.5 Å². The maximum Gasteiger partial charge on any atom is 3.00 e. The molecular weight excluding hydrogens is 771 g/mol. The predicted molar refractivity (Wildman–Crippen MR) is 214 cm³/mol. The molecule has 0 aliphatic rings. The van der Waals surface area contributed by atoms with Crippen LogP contribution in [0.3, 0.4) is 0 Å². The summed E-state index contributed by atoms with van der Waals surface area (Å²) < 4.78 is 32.8. The number of ether oxygens (including phenoxy) is 6. The van der Waals surface area contributed by atoms with E-state index in [9.17, 15) is 44.1 Å². The molecule has 0 rings (SSSR count). The van der Waals surface area contributed by atoms with Crippen molar-refractivity contribution in [2.45, 2.75) is 179 Å². The van der Waals surface area contributed by atoms with E-state index in [0.29, 0.717) is 39.6 Å². The fourth-order valence-corrected chi connectivity index (χ4v) is 6.69. The van der Waals surface area contributed by atoms with Crippen molar-refractivity contribution in [2.75, 3.05) is 39.6 Å². The third-order valence-corrected chi connectivity index (χ3v) is 10.0. The van der Waals surface area contributed by atoms with Crippen LogP contribution < -0.4 is 15.3 Å². The first-order valence-electron chi connectivity index (χ1n) is 20.4. The number of carbonyl (C=O) groups is 6. The van der Waals surface area contributed by atoms with Gasteiger partial charge in [0.1, 0.15) is 33.6 Å². The minimum atomic E-state index is -1.76. The van der Waals surface area contributed by atoms with E-state index in [1.807, 2.05) is 41.5 Å². The molecule has 0 aliphatic heterocycles. The molecule has 0 spiro atoms. The summed E-state index contributed by atoms with van der Waals surface area (Å²) in [7, 11) is 0. The average Bonchev–Trinajstić information content (AvgIpc) is 3.13. The van der Waals surface area contributed by atoms with Crippen molar-refractivity contribution in [1.29, 1.82) is 0 Å². The monoisotopic (exact) mass is 846 g/mol. The second kappa shape index (κ2) is 32.5. The van der Waals surface area contributed by atoms with Crippen LogP contribution in [-0.2, 0) is 57.2 Å². The molecular formula is C42H75AlO15. The summed E-state index contributed by atoms with van der Waals surface area (Å²) in [6.45, 7) is 27.1. The summed E-state index contributed by atoms with van der Waals surface area (Å²) in [5.41, 5.74) is -5.28. The Morgan fingerprint density at radius 2 is 0.483 bits per heavy atom. The largest absolute Gasteiger partial charge is 3.00 e. The van der Waals surface area contributed by atoms with Crippen molar-refractivity contribution in [2.24, 2.45) is 16.2 Å². The first-order valence-corrected chi connectivity index (χ1v) is 20.4. The van der Waals surface area contributed by atoms with E-state index in [2.05, 4.69) is 0 Å². The molecule has 0 bridgehead atoms. The van der Waals surface area contributed by atoms with E-state index in [0.717, 1.165) is 38.5 Å². The molecule has 0 amide bonds. The Hall–Kier alpha value is -2.29. The van der Waals surface area contributed by atoms with Gasteiger partial charge >= 0.3 is 17.4 Å². The molecule has 0 fully saturated rings. The Balaban J connectivity index is -0.000000374. The number of aliphatic carboxylic acids is 3. The fraction of sp³-hybridized carbons (Fsp3) is 0.857. The molecule has 0 saturated carbocycles. The Morgan fingerprint density at radius 3 is 0.552 bits per heavy atom. The van der Waals surface area contributed by atoms with Crippen LogP contribution in [0.25, 0.3) is 0 Å². The van der Waals surface area contributed by atoms with Crippen LogP contribution in [0, 0.1) is 16.2 Å². The summed E-state index contributed by atoms with van der Waals surface area (Å²) in [5, 5.41) is 34.7. The Labute approximate surface area is 359 Å². The average molecular weight is 847 g/mol. The van der Waals surface area contributed by atoms with Gasteiger partial charge in [-0.15, -0.1) is 0 Å². The van der Waals surface area contributed by atoms with Crippen molar-refractivity contribution < 1.29 is 72.5 Å². The third kappa shape index (κ3) is 17.0. The number of carboxylic acids is 3. The summed E-state index contributed by atoms with van der Waals surface area (Å²) in [5.74, 6) is -5.81. The van der Waals surface area contributed by atoms with Crippen molar-refractivity contribution in [1.82, 2.24) is 0 Å². The third-order valence-electron chi connectivity index (χ3n) is 10.0. The van der Waals surface area contributed by atoms with E-state index < -0.39 is 88.1 Å². The van der Waals surface area contributed by atoms with Gasteiger partial charge < -0.3 is 58.1 Å². The summed E-state index contributed by atoms with van der Waals surface area (Å²) in [6, 6.07) is 0. The minimum absolute atomic E-state index is 0. The summed E-state index contributed by atoms with van der Waals surface area (Å²) in [6.07, 6.45) is -0.266. The van der Waals surface area contributed by atoms with Crippen molar-refractivity contribution >= 4 is 52.6 Å². The van der Waals surface area contributed by atoms with Crippen LogP contribution in [0.2, 0.25) is 0 Å². The van der Waals surface area contributed by atoms with Gasteiger partial charge in [0.2, 0.25) is 0 Å². The Bertz CT molecular complexity index is 961. The van der Waals surface area contributed by atoms with E-state index in [-0.39, 0.29) is 17.4 Å². The molecule has 336 valence electrons. The van der Waals surface area contributed by atoms with Crippen LogP contribution >= 0.6 is 0 Å². The van der Waals surface area contributed by atoms with Crippen LogP contribution in [0.4, 0.5) is 0 Å².